The lowest BCUT2D eigenvalue weighted by molar-refractivity contribution is -0.129. The van der Waals surface area contributed by atoms with Gasteiger partial charge in [0.2, 0.25) is 5.90 Å². The first kappa shape index (κ1) is 18.2. The van der Waals surface area contributed by atoms with Crippen LogP contribution in [-0.2, 0) is 16.1 Å². The average Bonchev–Trinajstić information content (AvgIpc) is 3.38. The molecule has 0 amide bonds. The molecule has 0 saturated heterocycles. The number of carbonyl (C=O) groups is 1. The zero-order valence-electron chi connectivity index (χ0n) is 15.5. The monoisotopic (exact) mass is 388 g/mol. The maximum absolute atomic E-state index is 12.1. The molecule has 0 aliphatic carbocycles. The normalized spacial score (nSPS) is 14.8. The third-order valence-corrected chi connectivity index (χ3v) is 5.37. The molecule has 4 rings (SSSR count). The van der Waals surface area contributed by atoms with Crippen LogP contribution in [0, 0.1) is 0 Å². The fourth-order valence-electron chi connectivity index (χ4n) is 3.04. The Morgan fingerprint density at radius 3 is 2.50 bits per heavy atom. The molecule has 1 aliphatic rings. The molecule has 0 saturated carbocycles. The first-order chi connectivity index (χ1) is 13.7. The Kier molecular flexibility index (Phi) is 5.35. The van der Waals surface area contributed by atoms with Crippen molar-refractivity contribution in [2.75, 3.05) is 11.4 Å². The number of ether oxygens (including phenoxy) is 1. The Bertz CT molecular complexity index is 1010. The molecular weight excluding hydrogens is 368 g/mol. The molecule has 0 fully saturated rings. The number of benzene rings is 2. The van der Waals surface area contributed by atoms with Crippen molar-refractivity contribution in [3.8, 4) is 0 Å². The third-order valence-electron chi connectivity index (χ3n) is 4.51. The van der Waals surface area contributed by atoms with Gasteiger partial charge in [0.15, 0.2) is 5.70 Å². The van der Waals surface area contributed by atoms with Crippen molar-refractivity contribution in [3.63, 3.8) is 0 Å². The zero-order valence-corrected chi connectivity index (χ0v) is 16.4. The number of esters is 1. The quantitative estimate of drug-likeness (QED) is 0.435. The summed E-state index contributed by atoms with van der Waals surface area (Å²) < 4.78 is 5.28. The van der Waals surface area contributed by atoms with Gasteiger partial charge in [-0.05, 0) is 47.7 Å². The molecule has 0 spiro atoms. The summed E-state index contributed by atoms with van der Waals surface area (Å²) in [6.45, 7) is 3.92. The second-order valence-electron chi connectivity index (χ2n) is 6.40. The molecular formula is C23H20N2O2S. The minimum absolute atomic E-state index is 0.327. The number of anilines is 1. The van der Waals surface area contributed by atoms with Crippen LogP contribution in [-0.4, -0.2) is 18.4 Å². The number of aliphatic imine (C=N–C) groups is 1. The Balaban J connectivity index is 1.51. The van der Waals surface area contributed by atoms with Gasteiger partial charge in [-0.15, -0.1) is 11.3 Å². The van der Waals surface area contributed by atoms with E-state index in [0.717, 1.165) is 29.2 Å². The second kappa shape index (κ2) is 8.23. The van der Waals surface area contributed by atoms with E-state index in [4.69, 9.17) is 4.74 Å². The second-order valence-corrected chi connectivity index (χ2v) is 7.35. The summed E-state index contributed by atoms with van der Waals surface area (Å²) in [6, 6.07) is 22.4. The van der Waals surface area contributed by atoms with E-state index in [-0.39, 0.29) is 0 Å². The number of carbonyl (C=O) groups excluding carboxylic acids is 1. The number of hydrogen-bond acceptors (Lipinski definition) is 5. The van der Waals surface area contributed by atoms with Gasteiger partial charge in [0.25, 0.3) is 0 Å². The van der Waals surface area contributed by atoms with E-state index in [1.165, 1.54) is 16.9 Å². The predicted octanol–water partition coefficient (Wildman–Crippen LogP) is 5.12. The lowest BCUT2D eigenvalue weighted by Crippen LogP contribution is -2.21. The number of hydrogen-bond donors (Lipinski definition) is 0. The first-order valence-electron chi connectivity index (χ1n) is 9.18. The largest absolute Gasteiger partial charge is 0.401 e. The summed E-state index contributed by atoms with van der Waals surface area (Å²) in [4.78, 5) is 19.6. The number of rotatable bonds is 6. The molecule has 2 heterocycles. The summed E-state index contributed by atoms with van der Waals surface area (Å²) >= 11 is 1.50. The average molecular weight is 388 g/mol. The van der Waals surface area contributed by atoms with E-state index >= 15 is 0 Å². The summed E-state index contributed by atoms with van der Waals surface area (Å²) in [5.74, 6) is -0.0328. The molecule has 0 unspecified atom stereocenters. The van der Waals surface area contributed by atoms with E-state index < -0.39 is 5.97 Å². The van der Waals surface area contributed by atoms with Gasteiger partial charge in [-0.1, -0.05) is 48.5 Å². The highest BCUT2D eigenvalue weighted by Gasteiger charge is 2.24. The molecule has 5 heteroatoms. The molecule has 2 aromatic carbocycles. The van der Waals surface area contributed by atoms with Crippen molar-refractivity contribution in [1.82, 2.24) is 0 Å². The van der Waals surface area contributed by atoms with E-state index in [0.29, 0.717) is 11.6 Å². The van der Waals surface area contributed by atoms with Crippen LogP contribution in [0.1, 0.15) is 22.9 Å². The van der Waals surface area contributed by atoms with Crippen molar-refractivity contribution in [2.24, 2.45) is 4.99 Å². The standard InChI is InChI=1S/C23H20N2O2S/c1-2-25(16-18-7-4-3-5-8-18)19-12-10-17(11-13-19)15-20-23(26)27-22(24-20)21-9-6-14-28-21/h3-15H,2,16H2,1H3/b20-15+. The molecule has 1 aliphatic heterocycles. The van der Waals surface area contributed by atoms with Crippen LogP contribution in [0.5, 0.6) is 0 Å². The van der Waals surface area contributed by atoms with Gasteiger partial charge < -0.3 is 9.64 Å². The highest BCUT2D eigenvalue weighted by Crippen LogP contribution is 2.23. The minimum Gasteiger partial charge on any atom is -0.401 e. The molecule has 3 aromatic rings. The van der Waals surface area contributed by atoms with E-state index in [9.17, 15) is 4.79 Å². The van der Waals surface area contributed by atoms with Crippen LogP contribution >= 0.6 is 11.3 Å². The number of cyclic esters (lactones) is 1. The fourth-order valence-corrected chi connectivity index (χ4v) is 3.69. The van der Waals surface area contributed by atoms with Crippen molar-refractivity contribution < 1.29 is 9.53 Å². The molecule has 0 bridgehead atoms. The van der Waals surface area contributed by atoms with Crippen molar-refractivity contribution in [1.29, 1.82) is 0 Å². The molecule has 0 radical (unpaired) electrons. The Hall–Kier alpha value is -3.18. The van der Waals surface area contributed by atoms with Gasteiger partial charge in [-0.2, -0.15) is 0 Å². The maximum atomic E-state index is 12.1. The highest BCUT2D eigenvalue weighted by molar-refractivity contribution is 7.12. The minimum atomic E-state index is -0.410. The fraction of sp³-hybridized carbons (Fsp3) is 0.130. The summed E-state index contributed by atoms with van der Waals surface area (Å²) in [5, 5.41) is 1.93. The Labute approximate surface area is 168 Å². The lowest BCUT2D eigenvalue weighted by atomic mass is 10.1. The number of nitrogens with zero attached hydrogens (tertiary/aromatic N) is 2. The molecule has 28 heavy (non-hydrogen) atoms. The Morgan fingerprint density at radius 2 is 1.82 bits per heavy atom. The van der Waals surface area contributed by atoms with E-state index in [2.05, 4.69) is 53.2 Å². The molecule has 0 atom stereocenters. The molecule has 4 nitrogen and oxygen atoms in total. The topological polar surface area (TPSA) is 41.9 Å². The third kappa shape index (κ3) is 4.05. The SMILES string of the molecule is CCN(Cc1ccccc1)c1ccc(/C=C2/N=C(c3cccs3)OC2=O)cc1. The van der Waals surface area contributed by atoms with Crippen LogP contribution in [0.4, 0.5) is 5.69 Å². The van der Waals surface area contributed by atoms with Crippen LogP contribution in [0.25, 0.3) is 6.08 Å². The van der Waals surface area contributed by atoms with Gasteiger partial charge in [-0.3, -0.25) is 0 Å². The van der Waals surface area contributed by atoms with E-state index in [1.54, 1.807) is 6.08 Å². The van der Waals surface area contributed by atoms with Crippen molar-refractivity contribution in [2.45, 2.75) is 13.5 Å². The van der Waals surface area contributed by atoms with Gasteiger partial charge in [0, 0.05) is 18.8 Å². The van der Waals surface area contributed by atoms with E-state index in [1.807, 2.05) is 35.7 Å². The van der Waals surface area contributed by atoms with Gasteiger partial charge >= 0.3 is 5.97 Å². The summed E-state index contributed by atoms with van der Waals surface area (Å²) in [5.41, 5.74) is 3.67. The van der Waals surface area contributed by atoms with Crippen LogP contribution < -0.4 is 4.90 Å². The van der Waals surface area contributed by atoms with Gasteiger partial charge in [-0.25, -0.2) is 9.79 Å². The zero-order chi connectivity index (χ0) is 19.3. The van der Waals surface area contributed by atoms with Gasteiger partial charge in [0.05, 0.1) is 4.88 Å². The smallest absolute Gasteiger partial charge is 0.363 e. The first-order valence-corrected chi connectivity index (χ1v) is 10.1. The number of thiophene rings is 1. The van der Waals surface area contributed by atoms with Crippen LogP contribution in [0.2, 0.25) is 0 Å². The summed E-state index contributed by atoms with van der Waals surface area (Å²) in [7, 11) is 0. The van der Waals surface area contributed by atoms with Crippen molar-refractivity contribution in [3.05, 3.63) is 93.8 Å². The summed E-state index contributed by atoms with van der Waals surface area (Å²) in [6.07, 6.45) is 1.76. The lowest BCUT2D eigenvalue weighted by Gasteiger charge is -2.23. The Morgan fingerprint density at radius 1 is 1.04 bits per heavy atom. The molecule has 0 N–H and O–H groups in total. The predicted molar refractivity (Wildman–Crippen MR) is 115 cm³/mol. The molecule has 1 aromatic heterocycles. The van der Waals surface area contributed by atoms with Crippen molar-refractivity contribution >= 4 is 35.0 Å². The highest BCUT2D eigenvalue weighted by atomic mass is 32.1. The maximum Gasteiger partial charge on any atom is 0.363 e. The van der Waals surface area contributed by atoms with Crippen LogP contribution in [0.15, 0.2) is 82.8 Å². The molecule has 140 valence electrons. The van der Waals surface area contributed by atoms with Gasteiger partial charge in [0.1, 0.15) is 0 Å². The van der Waals surface area contributed by atoms with Crippen LogP contribution in [0.3, 0.4) is 0 Å².